The lowest BCUT2D eigenvalue weighted by atomic mass is 10.1. The van der Waals surface area contributed by atoms with Crippen LogP contribution in [-0.2, 0) is 6.42 Å². The third kappa shape index (κ3) is 2.70. The van der Waals surface area contributed by atoms with Crippen LogP contribution in [0.25, 0.3) is 11.0 Å². The Morgan fingerprint density at radius 2 is 1.59 bits per heavy atom. The second kappa shape index (κ2) is 5.97. The minimum absolute atomic E-state index is 0.678. The summed E-state index contributed by atoms with van der Waals surface area (Å²) >= 11 is 0. The molecule has 0 saturated heterocycles. The molecular formula is C17H18N2O3. The number of nitrogens with zero attached hydrogens (tertiary/aromatic N) is 1. The molecule has 0 aliphatic carbocycles. The maximum absolute atomic E-state index is 5.31. The summed E-state index contributed by atoms with van der Waals surface area (Å²) in [7, 11) is 4.90. The van der Waals surface area contributed by atoms with Crippen molar-refractivity contribution in [3.8, 4) is 17.2 Å². The normalized spacial score (nSPS) is 10.7. The zero-order valence-corrected chi connectivity index (χ0v) is 12.8. The Morgan fingerprint density at radius 3 is 2.23 bits per heavy atom. The number of ether oxygens (including phenoxy) is 3. The quantitative estimate of drug-likeness (QED) is 0.786. The molecule has 3 rings (SSSR count). The third-order valence-electron chi connectivity index (χ3n) is 3.57. The molecule has 1 heterocycles. The van der Waals surface area contributed by atoms with Crippen LogP contribution < -0.4 is 14.2 Å². The number of hydrogen-bond donors (Lipinski definition) is 1. The summed E-state index contributed by atoms with van der Waals surface area (Å²) in [6, 6.07) is 11.7. The molecule has 1 aromatic heterocycles. The van der Waals surface area contributed by atoms with Gasteiger partial charge < -0.3 is 19.2 Å². The molecule has 0 unspecified atom stereocenters. The molecule has 5 heteroatoms. The van der Waals surface area contributed by atoms with E-state index in [-0.39, 0.29) is 0 Å². The van der Waals surface area contributed by atoms with Crippen molar-refractivity contribution in [1.29, 1.82) is 0 Å². The van der Waals surface area contributed by atoms with Gasteiger partial charge in [0.15, 0.2) is 11.5 Å². The Kier molecular flexibility index (Phi) is 3.87. The van der Waals surface area contributed by atoms with Gasteiger partial charge in [0.05, 0.1) is 32.4 Å². The number of H-pyrrole nitrogens is 1. The highest BCUT2D eigenvalue weighted by Gasteiger charge is 2.10. The van der Waals surface area contributed by atoms with Gasteiger partial charge in [-0.3, -0.25) is 0 Å². The summed E-state index contributed by atoms with van der Waals surface area (Å²) in [5.41, 5.74) is 2.96. The lowest BCUT2D eigenvalue weighted by Crippen LogP contribution is -1.91. The molecule has 3 aromatic rings. The molecule has 0 amide bonds. The summed E-state index contributed by atoms with van der Waals surface area (Å²) < 4.78 is 15.8. The zero-order chi connectivity index (χ0) is 15.5. The van der Waals surface area contributed by atoms with E-state index in [1.54, 1.807) is 21.3 Å². The van der Waals surface area contributed by atoms with Gasteiger partial charge >= 0.3 is 0 Å². The summed E-state index contributed by atoms with van der Waals surface area (Å²) in [5.74, 6) is 3.12. The minimum atomic E-state index is 0.678. The monoisotopic (exact) mass is 298 g/mol. The molecule has 1 N–H and O–H groups in total. The fraction of sp³-hybridized carbons (Fsp3) is 0.235. The van der Waals surface area contributed by atoms with Crippen LogP contribution in [0.5, 0.6) is 17.2 Å². The smallest absolute Gasteiger partial charge is 0.163 e. The predicted molar refractivity (Wildman–Crippen MR) is 85.0 cm³/mol. The van der Waals surface area contributed by atoms with E-state index in [2.05, 4.69) is 9.97 Å². The molecule has 0 bridgehead atoms. The summed E-state index contributed by atoms with van der Waals surface area (Å²) in [5, 5.41) is 0. The summed E-state index contributed by atoms with van der Waals surface area (Å²) in [6.07, 6.45) is 0.726. The number of imidazole rings is 1. The highest BCUT2D eigenvalue weighted by atomic mass is 16.5. The van der Waals surface area contributed by atoms with E-state index in [1.165, 1.54) is 5.56 Å². The molecule has 0 saturated carbocycles. The Labute approximate surface area is 128 Å². The lowest BCUT2D eigenvalue weighted by Gasteiger charge is -2.06. The van der Waals surface area contributed by atoms with Gasteiger partial charge in [-0.1, -0.05) is 12.1 Å². The SMILES string of the molecule is COc1ccc(Cc2nc3cc(OC)c(OC)cc3[nH]2)cc1. The number of benzene rings is 2. The van der Waals surface area contributed by atoms with Crippen LogP contribution in [0.2, 0.25) is 0 Å². The average Bonchev–Trinajstić information content (AvgIpc) is 2.95. The van der Waals surface area contributed by atoms with E-state index in [0.717, 1.165) is 29.0 Å². The number of methoxy groups -OCH3 is 3. The van der Waals surface area contributed by atoms with Crippen LogP contribution in [-0.4, -0.2) is 31.3 Å². The van der Waals surface area contributed by atoms with Crippen LogP contribution in [0.15, 0.2) is 36.4 Å². The molecule has 0 spiro atoms. The average molecular weight is 298 g/mol. The largest absolute Gasteiger partial charge is 0.497 e. The van der Waals surface area contributed by atoms with Crippen molar-refractivity contribution in [2.45, 2.75) is 6.42 Å². The second-order valence-electron chi connectivity index (χ2n) is 4.93. The first kappa shape index (κ1) is 14.3. The second-order valence-corrected chi connectivity index (χ2v) is 4.93. The van der Waals surface area contributed by atoms with Gasteiger partial charge in [-0.15, -0.1) is 0 Å². The maximum Gasteiger partial charge on any atom is 0.163 e. The van der Waals surface area contributed by atoms with Crippen LogP contribution in [0, 0.1) is 0 Å². The van der Waals surface area contributed by atoms with Crippen molar-refractivity contribution < 1.29 is 14.2 Å². The highest BCUT2D eigenvalue weighted by molar-refractivity contribution is 5.79. The Hall–Kier alpha value is -2.69. The standard InChI is InChI=1S/C17H18N2O3/c1-20-12-6-4-11(5-7-12)8-17-18-13-9-15(21-2)16(22-3)10-14(13)19-17/h4-7,9-10H,8H2,1-3H3,(H,18,19). The predicted octanol–water partition coefficient (Wildman–Crippen LogP) is 3.18. The van der Waals surface area contributed by atoms with E-state index in [4.69, 9.17) is 14.2 Å². The molecule has 114 valence electrons. The summed E-state index contributed by atoms with van der Waals surface area (Å²) in [6.45, 7) is 0. The number of aromatic amines is 1. The Bertz CT molecular complexity index is 737. The van der Waals surface area contributed by atoms with Crippen LogP contribution in [0.4, 0.5) is 0 Å². The topological polar surface area (TPSA) is 56.4 Å². The van der Waals surface area contributed by atoms with Crippen LogP contribution >= 0.6 is 0 Å². The van der Waals surface area contributed by atoms with Crippen molar-refractivity contribution in [3.63, 3.8) is 0 Å². The number of fused-ring (bicyclic) bond motifs is 1. The number of hydrogen-bond acceptors (Lipinski definition) is 4. The van der Waals surface area contributed by atoms with Crippen molar-refractivity contribution in [3.05, 3.63) is 47.8 Å². The molecule has 0 radical (unpaired) electrons. The van der Waals surface area contributed by atoms with E-state index in [1.807, 2.05) is 36.4 Å². The van der Waals surface area contributed by atoms with Gasteiger partial charge in [0.25, 0.3) is 0 Å². The van der Waals surface area contributed by atoms with Gasteiger partial charge in [0.1, 0.15) is 11.6 Å². The molecule has 0 aliphatic heterocycles. The van der Waals surface area contributed by atoms with Gasteiger partial charge in [-0.25, -0.2) is 4.98 Å². The van der Waals surface area contributed by atoms with Gasteiger partial charge in [0, 0.05) is 18.6 Å². The van der Waals surface area contributed by atoms with Crippen molar-refractivity contribution in [2.75, 3.05) is 21.3 Å². The van der Waals surface area contributed by atoms with Crippen LogP contribution in [0.3, 0.4) is 0 Å². The fourth-order valence-electron chi connectivity index (χ4n) is 2.41. The maximum atomic E-state index is 5.31. The molecular weight excluding hydrogens is 280 g/mol. The van der Waals surface area contributed by atoms with Crippen molar-refractivity contribution in [1.82, 2.24) is 9.97 Å². The Morgan fingerprint density at radius 1 is 0.909 bits per heavy atom. The van der Waals surface area contributed by atoms with Gasteiger partial charge in [-0.2, -0.15) is 0 Å². The first-order valence-electron chi connectivity index (χ1n) is 6.97. The van der Waals surface area contributed by atoms with E-state index in [0.29, 0.717) is 11.5 Å². The highest BCUT2D eigenvalue weighted by Crippen LogP contribution is 2.31. The molecule has 0 aliphatic rings. The van der Waals surface area contributed by atoms with Crippen molar-refractivity contribution in [2.24, 2.45) is 0 Å². The third-order valence-corrected chi connectivity index (χ3v) is 3.57. The minimum Gasteiger partial charge on any atom is -0.497 e. The van der Waals surface area contributed by atoms with E-state index >= 15 is 0 Å². The van der Waals surface area contributed by atoms with Crippen molar-refractivity contribution >= 4 is 11.0 Å². The van der Waals surface area contributed by atoms with Gasteiger partial charge in [-0.05, 0) is 17.7 Å². The van der Waals surface area contributed by atoms with E-state index < -0.39 is 0 Å². The number of aromatic nitrogens is 2. The van der Waals surface area contributed by atoms with E-state index in [9.17, 15) is 0 Å². The molecule has 2 aromatic carbocycles. The fourth-order valence-corrected chi connectivity index (χ4v) is 2.41. The molecule has 0 atom stereocenters. The zero-order valence-electron chi connectivity index (χ0n) is 12.8. The number of rotatable bonds is 5. The molecule has 22 heavy (non-hydrogen) atoms. The van der Waals surface area contributed by atoms with Gasteiger partial charge in [0.2, 0.25) is 0 Å². The molecule has 0 fully saturated rings. The first-order chi connectivity index (χ1) is 10.7. The number of nitrogens with one attached hydrogen (secondary N) is 1. The first-order valence-corrected chi connectivity index (χ1v) is 6.97. The lowest BCUT2D eigenvalue weighted by molar-refractivity contribution is 0.356. The molecule has 5 nitrogen and oxygen atoms in total. The van der Waals surface area contributed by atoms with Crippen LogP contribution in [0.1, 0.15) is 11.4 Å². The Balaban J connectivity index is 1.90. The summed E-state index contributed by atoms with van der Waals surface area (Å²) in [4.78, 5) is 7.93.